The van der Waals surface area contributed by atoms with Gasteiger partial charge in [0.15, 0.2) is 0 Å². The van der Waals surface area contributed by atoms with Gasteiger partial charge in [0, 0.05) is 16.2 Å². The van der Waals surface area contributed by atoms with E-state index in [2.05, 4.69) is 4.98 Å². The molecule has 4 heterocycles. The molecule has 0 amide bonds. The highest BCUT2D eigenvalue weighted by Gasteiger charge is 2.37. The topological polar surface area (TPSA) is 145 Å². The lowest BCUT2D eigenvalue weighted by molar-refractivity contribution is 0.0594. The van der Waals surface area contributed by atoms with Crippen molar-refractivity contribution >= 4 is 80.8 Å². The molecule has 8 aromatic rings. The van der Waals surface area contributed by atoms with Gasteiger partial charge in [0.2, 0.25) is 0 Å². The van der Waals surface area contributed by atoms with Crippen LogP contribution < -0.4 is 9.27 Å². The monoisotopic (exact) mass is 730 g/mol. The molecule has 0 saturated heterocycles. The highest BCUT2D eigenvalue weighted by atomic mass is 32.3. The Kier molecular flexibility index (Phi) is 7.56. The van der Waals surface area contributed by atoms with Crippen molar-refractivity contribution in [1.29, 1.82) is 0 Å². The SMILES string of the molecule is CCc1c2ccc(N(S(=O)(=O)c3ccc(C)cc3)S(=O)(=O)c3ccc(C)cc3)cc2nc2c1c(=O)n1c3ccccc3c3cc(C(=O)OC)nc2c31. The van der Waals surface area contributed by atoms with Gasteiger partial charge in [-0.25, -0.2) is 31.6 Å². The number of benzene rings is 4. The molecule has 0 aliphatic rings. The Morgan fingerprint density at radius 3 is 1.96 bits per heavy atom. The summed E-state index contributed by atoms with van der Waals surface area (Å²) in [7, 11) is -8.16. The summed E-state index contributed by atoms with van der Waals surface area (Å²) in [4.78, 5) is 36.5. The highest BCUT2D eigenvalue weighted by Crippen LogP contribution is 2.38. The highest BCUT2D eigenvalue weighted by molar-refractivity contribution is 8.10. The van der Waals surface area contributed by atoms with Crippen molar-refractivity contribution in [1.82, 2.24) is 14.4 Å². The number of aromatic nitrogens is 3. The first kappa shape index (κ1) is 33.2. The third-order valence-corrected chi connectivity index (χ3v) is 13.6. The van der Waals surface area contributed by atoms with Gasteiger partial charge in [-0.2, -0.15) is 3.71 Å². The minimum Gasteiger partial charge on any atom is -0.464 e. The summed E-state index contributed by atoms with van der Waals surface area (Å²) in [6.45, 7) is 5.47. The smallest absolute Gasteiger partial charge is 0.356 e. The number of aryl methyl sites for hydroxylation is 3. The second-order valence-electron chi connectivity index (χ2n) is 12.6. The molecule has 52 heavy (non-hydrogen) atoms. The van der Waals surface area contributed by atoms with Crippen LogP contribution in [-0.2, 0) is 31.2 Å². The van der Waals surface area contributed by atoms with Crippen LogP contribution in [0.4, 0.5) is 5.69 Å². The van der Waals surface area contributed by atoms with Crippen molar-refractivity contribution < 1.29 is 26.4 Å². The molecular weight excluding hydrogens is 701 g/mol. The Labute approximate surface area is 298 Å². The maximum Gasteiger partial charge on any atom is 0.356 e. The molecule has 0 bridgehead atoms. The van der Waals surface area contributed by atoms with Gasteiger partial charge in [0.1, 0.15) is 16.7 Å². The van der Waals surface area contributed by atoms with Crippen LogP contribution in [0.1, 0.15) is 34.1 Å². The fourth-order valence-electron chi connectivity index (χ4n) is 6.91. The van der Waals surface area contributed by atoms with E-state index in [0.29, 0.717) is 37.5 Å². The molecule has 0 radical (unpaired) electrons. The van der Waals surface area contributed by atoms with Crippen molar-refractivity contribution in [3.05, 3.63) is 130 Å². The summed E-state index contributed by atoms with van der Waals surface area (Å²) in [5.74, 6) is -0.675. The molecule has 0 spiro atoms. The number of rotatable bonds is 7. The van der Waals surface area contributed by atoms with Crippen LogP contribution in [0.3, 0.4) is 0 Å². The third-order valence-electron chi connectivity index (χ3n) is 9.40. The van der Waals surface area contributed by atoms with E-state index in [4.69, 9.17) is 9.72 Å². The largest absolute Gasteiger partial charge is 0.464 e. The minimum absolute atomic E-state index is 0.0152. The molecule has 13 heteroatoms. The Bertz CT molecular complexity index is 2990. The van der Waals surface area contributed by atoms with Crippen LogP contribution in [0.2, 0.25) is 0 Å². The summed E-state index contributed by atoms with van der Waals surface area (Å²) in [6.07, 6.45) is 0.369. The van der Waals surface area contributed by atoms with Crippen LogP contribution >= 0.6 is 0 Å². The molecule has 0 aliphatic heterocycles. The summed E-state index contributed by atoms with van der Waals surface area (Å²) >= 11 is 0. The van der Waals surface area contributed by atoms with Gasteiger partial charge in [0.25, 0.3) is 25.6 Å². The van der Waals surface area contributed by atoms with Crippen molar-refractivity contribution in [2.75, 3.05) is 10.8 Å². The van der Waals surface area contributed by atoms with E-state index >= 15 is 0 Å². The van der Waals surface area contributed by atoms with Crippen LogP contribution in [0.15, 0.2) is 112 Å². The molecule has 4 aromatic carbocycles. The number of nitrogens with zero attached hydrogens (tertiary/aromatic N) is 4. The average molecular weight is 731 g/mol. The molecule has 0 aliphatic carbocycles. The molecule has 260 valence electrons. The number of methoxy groups -OCH3 is 1. The molecule has 0 saturated carbocycles. The van der Waals surface area contributed by atoms with Gasteiger partial charge in [-0.1, -0.05) is 66.6 Å². The van der Waals surface area contributed by atoms with Gasteiger partial charge in [-0.15, -0.1) is 0 Å². The average Bonchev–Trinajstić information content (AvgIpc) is 3.47. The number of pyridine rings is 3. The predicted molar refractivity (Wildman–Crippen MR) is 200 cm³/mol. The Balaban J connectivity index is 1.48. The van der Waals surface area contributed by atoms with E-state index in [-0.39, 0.29) is 48.7 Å². The predicted octanol–water partition coefficient (Wildman–Crippen LogP) is 6.69. The Morgan fingerprint density at radius 2 is 1.37 bits per heavy atom. The van der Waals surface area contributed by atoms with Crippen molar-refractivity contribution in [3.63, 3.8) is 0 Å². The number of sulfonamides is 2. The maximum absolute atomic E-state index is 14.5. The normalized spacial score (nSPS) is 12.4. The van der Waals surface area contributed by atoms with E-state index < -0.39 is 26.0 Å². The van der Waals surface area contributed by atoms with Gasteiger partial charge < -0.3 is 4.74 Å². The molecule has 0 fully saturated rings. The first-order chi connectivity index (χ1) is 24.9. The van der Waals surface area contributed by atoms with Gasteiger partial charge in [-0.05, 0) is 74.4 Å². The van der Waals surface area contributed by atoms with Gasteiger partial charge in [0.05, 0.1) is 44.5 Å². The number of carbonyl (C=O) groups is 1. The lowest BCUT2D eigenvalue weighted by atomic mass is 10.0. The molecule has 8 rings (SSSR count). The molecule has 0 unspecified atom stereocenters. The van der Waals surface area contributed by atoms with Crippen LogP contribution in [0.5, 0.6) is 0 Å². The van der Waals surface area contributed by atoms with Crippen LogP contribution in [0.25, 0.3) is 49.1 Å². The van der Waals surface area contributed by atoms with E-state index in [1.54, 1.807) is 54.6 Å². The number of hydrogen-bond acceptors (Lipinski definition) is 9. The fourth-order valence-corrected chi connectivity index (χ4v) is 10.6. The summed E-state index contributed by atoms with van der Waals surface area (Å²) in [5, 5.41) is 2.15. The second kappa shape index (κ2) is 11.8. The van der Waals surface area contributed by atoms with E-state index in [9.17, 15) is 26.4 Å². The molecular formula is C39H30N4O7S2. The summed E-state index contributed by atoms with van der Waals surface area (Å²) < 4.78 is 64.5. The van der Waals surface area contributed by atoms with Crippen LogP contribution in [0, 0.1) is 13.8 Å². The van der Waals surface area contributed by atoms with Crippen molar-refractivity contribution in [2.24, 2.45) is 0 Å². The lowest BCUT2D eigenvalue weighted by Crippen LogP contribution is -2.37. The van der Waals surface area contributed by atoms with Crippen molar-refractivity contribution in [3.8, 4) is 0 Å². The zero-order valence-electron chi connectivity index (χ0n) is 28.4. The maximum atomic E-state index is 14.5. The quantitative estimate of drug-likeness (QED) is 0.0995. The van der Waals surface area contributed by atoms with E-state index in [1.807, 2.05) is 31.2 Å². The molecule has 0 N–H and O–H groups in total. The number of esters is 1. The summed E-state index contributed by atoms with van der Waals surface area (Å²) in [5.41, 5.74) is 3.48. The molecule has 4 aromatic heterocycles. The standard InChI is InChI=1S/C39H30N4O7S2/c1-5-27-28-19-14-24(43(51(46,47)25-15-10-22(2)11-16-25)52(48,49)26-17-12-23(3)13-18-26)20-31(28)40-35-34(27)38(44)42-33-9-7-6-8-29(33)30-21-32(39(45)50-4)41-36(35)37(30)42/h6-21H,5H2,1-4H3. The zero-order valence-corrected chi connectivity index (χ0v) is 30.0. The van der Waals surface area contributed by atoms with E-state index in [1.165, 1.54) is 43.5 Å². The molecule has 0 atom stereocenters. The first-order valence-electron chi connectivity index (χ1n) is 16.3. The number of ether oxygens (including phenoxy) is 1. The lowest BCUT2D eigenvalue weighted by Gasteiger charge is -2.25. The minimum atomic E-state index is -4.71. The number of carbonyl (C=O) groups excluding carboxylic acids is 1. The summed E-state index contributed by atoms with van der Waals surface area (Å²) in [6, 6.07) is 25.2. The first-order valence-corrected chi connectivity index (χ1v) is 19.2. The zero-order chi connectivity index (χ0) is 36.7. The van der Waals surface area contributed by atoms with Crippen LogP contribution in [-0.4, -0.2) is 44.3 Å². The number of anilines is 1. The third kappa shape index (κ3) is 4.83. The fraction of sp³-hybridized carbons (Fsp3) is 0.128. The second-order valence-corrected chi connectivity index (χ2v) is 16.4. The number of fused-ring (bicyclic) bond motifs is 6. The van der Waals surface area contributed by atoms with Gasteiger partial charge in [-0.3, -0.25) is 9.20 Å². The molecule has 11 nitrogen and oxygen atoms in total. The van der Waals surface area contributed by atoms with E-state index in [0.717, 1.165) is 16.5 Å². The van der Waals surface area contributed by atoms with Gasteiger partial charge >= 0.3 is 5.97 Å². The number of hydrogen-bond donors (Lipinski definition) is 0. The number of para-hydroxylation sites is 1. The Morgan fingerprint density at radius 1 is 0.750 bits per heavy atom. The van der Waals surface area contributed by atoms with Crippen molar-refractivity contribution in [2.45, 2.75) is 37.0 Å². The Hall–Kier alpha value is -5.92.